The number of aromatic nitrogens is 2. The fourth-order valence-corrected chi connectivity index (χ4v) is 6.14. The van der Waals surface area contributed by atoms with Crippen molar-refractivity contribution in [3.05, 3.63) is 36.5 Å². The number of sulfone groups is 1. The molecule has 6 nitrogen and oxygen atoms in total. The summed E-state index contributed by atoms with van der Waals surface area (Å²) in [6.07, 6.45) is -2.72. The van der Waals surface area contributed by atoms with E-state index in [2.05, 4.69) is 4.98 Å². The molecule has 0 aliphatic carbocycles. The minimum absolute atomic E-state index is 0.0350. The fourth-order valence-electron chi connectivity index (χ4n) is 3.38. The van der Waals surface area contributed by atoms with Crippen molar-refractivity contribution >= 4 is 27.5 Å². The Balaban J connectivity index is 1.81. The highest BCUT2D eigenvalue weighted by Crippen LogP contribution is 2.32. The maximum absolute atomic E-state index is 13.2. The summed E-state index contributed by atoms with van der Waals surface area (Å²) in [6, 6.07) is 8.19. The molecule has 1 aromatic heterocycles. The lowest BCUT2D eigenvalue weighted by atomic mass is 10.2. The van der Waals surface area contributed by atoms with Crippen LogP contribution in [0.15, 0.2) is 41.7 Å². The molecule has 11 heteroatoms. The summed E-state index contributed by atoms with van der Waals surface area (Å²) in [5.74, 6) is -0.398. The summed E-state index contributed by atoms with van der Waals surface area (Å²) in [4.78, 5) is 18.3. The van der Waals surface area contributed by atoms with Gasteiger partial charge >= 0.3 is 6.18 Å². The number of benzene rings is 1. The van der Waals surface area contributed by atoms with E-state index in [4.69, 9.17) is 0 Å². The fraction of sp³-hybridized carbons (Fsp3) is 0.474. The van der Waals surface area contributed by atoms with Crippen molar-refractivity contribution in [3.63, 3.8) is 0 Å². The Labute approximate surface area is 177 Å². The normalized spacial score (nSPS) is 19.6. The van der Waals surface area contributed by atoms with Crippen LogP contribution in [0, 0.1) is 0 Å². The highest BCUT2D eigenvalue weighted by Gasteiger charge is 2.35. The van der Waals surface area contributed by atoms with Crippen LogP contribution in [0.2, 0.25) is 0 Å². The number of nitrogens with zero attached hydrogens (tertiary/aromatic N) is 3. The Morgan fingerprint density at radius 2 is 2.00 bits per heavy atom. The Bertz CT molecular complexity index is 1010. The second-order valence-corrected chi connectivity index (χ2v) is 10.8. The smallest absolute Gasteiger partial charge is 0.341 e. The summed E-state index contributed by atoms with van der Waals surface area (Å²) >= 11 is 0.933. The number of halogens is 3. The first-order valence-corrected chi connectivity index (χ1v) is 12.0. The first kappa shape index (κ1) is 22.7. The number of rotatable bonds is 6. The zero-order valence-electron chi connectivity index (χ0n) is 16.5. The van der Waals surface area contributed by atoms with Crippen molar-refractivity contribution in [1.82, 2.24) is 14.5 Å². The number of carbonyl (C=O) groups excluding carboxylic acids is 1. The molecule has 0 N–H and O–H groups in total. The van der Waals surface area contributed by atoms with Crippen LogP contribution in [0.3, 0.4) is 0 Å². The van der Waals surface area contributed by atoms with Crippen molar-refractivity contribution in [1.29, 1.82) is 0 Å². The molecule has 0 saturated carbocycles. The molecule has 164 valence electrons. The molecule has 1 aromatic carbocycles. The van der Waals surface area contributed by atoms with Crippen LogP contribution in [0.5, 0.6) is 0 Å². The molecule has 2 aromatic rings. The summed E-state index contributed by atoms with van der Waals surface area (Å²) in [5, 5.41) is -0.643. The van der Waals surface area contributed by atoms with Gasteiger partial charge in [0.25, 0.3) is 0 Å². The number of thioether (sulfide) groups is 1. The van der Waals surface area contributed by atoms with Crippen molar-refractivity contribution in [2.75, 3.05) is 18.6 Å². The van der Waals surface area contributed by atoms with Gasteiger partial charge in [0.15, 0.2) is 15.0 Å². The van der Waals surface area contributed by atoms with Gasteiger partial charge in [0.05, 0.1) is 28.6 Å². The maximum atomic E-state index is 13.2. The van der Waals surface area contributed by atoms with E-state index in [0.717, 1.165) is 16.3 Å². The molecule has 2 atom stereocenters. The van der Waals surface area contributed by atoms with Gasteiger partial charge in [-0.1, -0.05) is 42.1 Å². The lowest BCUT2D eigenvalue weighted by Gasteiger charge is -2.26. The van der Waals surface area contributed by atoms with E-state index in [0.29, 0.717) is 17.7 Å². The molecule has 0 spiro atoms. The van der Waals surface area contributed by atoms with Crippen molar-refractivity contribution < 1.29 is 26.4 Å². The Morgan fingerprint density at radius 1 is 1.33 bits per heavy atom. The van der Waals surface area contributed by atoms with Gasteiger partial charge in [-0.3, -0.25) is 4.79 Å². The van der Waals surface area contributed by atoms with Gasteiger partial charge in [-0.15, -0.1) is 0 Å². The minimum Gasteiger partial charge on any atom is -0.341 e. The van der Waals surface area contributed by atoms with E-state index < -0.39 is 33.9 Å². The SMILES string of the molecule is CC(Sc1ncc(-c2ccccc2)n1CC(F)(F)F)C(=O)N(C)C1CCS(=O)(=O)C1. The second kappa shape index (κ2) is 8.62. The van der Waals surface area contributed by atoms with Crippen LogP contribution >= 0.6 is 11.8 Å². The van der Waals surface area contributed by atoms with E-state index in [9.17, 15) is 26.4 Å². The van der Waals surface area contributed by atoms with Gasteiger partial charge in [-0.25, -0.2) is 13.4 Å². The molecule has 3 rings (SSSR count). The molecular weight excluding hydrogens is 439 g/mol. The molecule has 2 unspecified atom stereocenters. The molecule has 1 aliphatic heterocycles. The number of amides is 1. The van der Waals surface area contributed by atoms with Gasteiger partial charge in [0, 0.05) is 13.1 Å². The summed E-state index contributed by atoms with van der Waals surface area (Å²) in [6.45, 7) is 0.360. The van der Waals surface area contributed by atoms with Gasteiger partial charge in [0.1, 0.15) is 6.54 Å². The molecule has 1 saturated heterocycles. The van der Waals surface area contributed by atoms with E-state index in [-0.39, 0.29) is 22.6 Å². The van der Waals surface area contributed by atoms with Crippen molar-refractivity contribution in [2.45, 2.75) is 42.5 Å². The molecule has 1 aliphatic rings. The molecule has 30 heavy (non-hydrogen) atoms. The zero-order valence-corrected chi connectivity index (χ0v) is 18.1. The average Bonchev–Trinajstić information content (AvgIpc) is 3.23. The van der Waals surface area contributed by atoms with Crippen molar-refractivity contribution in [2.24, 2.45) is 0 Å². The molecule has 0 bridgehead atoms. The third-order valence-corrected chi connectivity index (χ3v) is 7.80. The van der Waals surface area contributed by atoms with E-state index in [1.165, 1.54) is 18.1 Å². The number of hydrogen-bond acceptors (Lipinski definition) is 5. The summed E-state index contributed by atoms with van der Waals surface area (Å²) < 4.78 is 64.0. The van der Waals surface area contributed by atoms with Crippen LogP contribution in [0.1, 0.15) is 13.3 Å². The Kier molecular flexibility index (Phi) is 6.51. The molecule has 2 heterocycles. The Hall–Kier alpha value is -2.01. The number of carbonyl (C=O) groups is 1. The molecule has 0 radical (unpaired) electrons. The quantitative estimate of drug-likeness (QED) is 0.618. The van der Waals surface area contributed by atoms with Gasteiger partial charge in [-0.05, 0) is 18.9 Å². The molecule has 1 amide bonds. The van der Waals surface area contributed by atoms with Gasteiger partial charge in [0.2, 0.25) is 5.91 Å². The first-order valence-electron chi connectivity index (χ1n) is 9.28. The van der Waals surface area contributed by atoms with Crippen LogP contribution < -0.4 is 0 Å². The number of imidazole rings is 1. The number of alkyl halides is 3. The maximum Gasteiger partial charge on any atom is 0.406 e. The highest BCUT2D eigenvalue weighted by molar-refractivity contribution is 8.00. The third kappa shape index (κ3) is 5.37. The van der Waals surface area contributed by atoms with Crippen LogP contribution in [-0.2, 0) is 21.2 Å². The zero-order chi connectivity index (χ0) is 22.1. The lowest BCUT2D eigenvalue weighted by molar-refractivity contribution is -0.141. The van der Waals surface area contributed by atoms with Crippen molar-refractivity contribution in [3.8, 4) is 11.3 Å². The molecular formula is C19H22F3N3O3S2. The van der Waals surface area contributed by atoms with Crippen LogP contribution in [-0.4, -0.2) is 64.8 Å². The topological polar surface area (TPSA) is 72.3 Å². The second-order valence-electron chi connectivity index (χ2n) is 7.26. The third-order valence-electron chi connectivity index (χ3n) is 4.96. The van der Waals surface area contributed by atoms with E-state index >= 15 is 0 Å². The average molecular weight is 462 g/mol. The summed E-state index contributed by atoms with van der Waals surface area (Å²) in [5.41, 5.74) is 0.902. The monoisotopic (exact) mass is 461 g/mol. The lowest BCUT2D eigenvalue weighted by Crippen LogP contribution is -2.41. The number of hydrogen-bond donors (Lipinski definition) is 0. The largest absolute Gasteiger partial charge is 0.406 e. The van der Waals surface area contributed by atoms with E-state index in [1.54, 1.807) is 37.3 Å². The molecule has 1 fully saturated rings. The van der Waals surface area contributed by atoms with Crippen LogP contribution in [0.25, 0.3) is 11.3 Å². The first-order chi connectivity index (χ1) is 14.0. The van der Waals surface area contributed by atoms with Crippen LogP contribution in [0.4, 0.5) is 13.2 Å². The van der Waals surface area contributed by atoms with Gasteiger partial charge in [-0.2, -0.15) is 13.2 Å². The predicted molar refractivity (Wildman–Crippen MR) is 109 cm³/mol. The highest BCUT2D eigenvalue weighted by atomic mass is 32.2. The van der Waals surface area contributed by atoms with Gasteiger partial charge < -0.3 is 9.47 Å². The van der Waals surface area contributed by atoms with E-state index in [1.807, 2.05) is 0 Å². The summed E-state index contributed by atoms with van der Waals surface area (Å²) in [7, 11) is -1.62. The Morgan fingerprint density at radius 3 is 2.57 bits per heavy atom. The standard InChI is InChI=1S/C19H22F3N3O3S2/c1-13(17(26)24(2)15-8-9-30(27,28)11-15)29-18-23-10-16(14-6-4-3-5-7-14)25(18)12-19(20,21)22/h3-7,10,13,15H,8-9,11-12H2,1-2H3. The minimum atomic E-state index is -4.46. The predicted octanol–water partition coefficient (Wildman–Crippen LogP) is 3.24.